The van der Waals surface area contributed by atoms with Crippen LogP contribution < -0.4 is 11.1 Å². The second-order valence-electron chi connectivity index (χ2n) is 4.30. The Morgan fingerprint density at radius 1 is 1.15 bits per heavy atom. The Kier molecular flexibility index (Phi) is 5.03. The lowest BCUT2D eigenvalue weighted by molar-refractivity contribution is 0.0921. The molecule has 0 aliphatic rings. The van der Waals surface area contributed by atoms with Gasteiger partial charge >= 0.3 is 0 Å². The number of nitrogens with one attached hydrogen (secondary N) is 1. The maximum Gasteiger partial charge on any atom is 0.251 e. The molecule has 0 spiro atoms. The third-order valence-electron chi connectivity index (χ3n) is 2.91. The van der Waals surface area contributed by atoms with Crippen LogP contribution in [-0.4, -0.2) is 32.2 Å². The lowest BCUT2D eigenvalue weighted by Gasteiger charge is -2.09. The quantitative estimate of drug-likeness (QED) is 0.789. The molecule has 4 nitrogen and oxygen atoms in total. The normalized spacial score (nSPS) is 10.7. The van der Waals surface area contributed by atoms with Gasteiger partial charge in [-0.2, -0.15) is 0 Å². The van der Waals surface area contributed by atoms with Crippen LogP contribution in [-0.2, 0) is 4.74 Å². The van der Waals surface area contributed by atoms with E-state index in [9.17, 15) is 9.18 Å². The molecule has 0 saturated carbocycles. The van der Waals surface area contributed by atoms with E-state index < -0.39 is 0 Å². The molecule has 0 atom stereocenters. The average Bonchev–Trinajstić information content (AvgIpc) is 2.47. The third kappa shape index (κ3) is 3.31. The zero-order chi connectivity index (χ0) is 14.4. The Labute approximate surface area is 116 Å². The number of rotatable bonds is 6. The Hall–Kier alpha value is -1.98. The zero-order valence-corrected chi connectivity index (χ0v) is 11.1. The van der Waals surface area contributed by atoms with Crippen molar-refractivity contribution in [2.45, 2.75) is 0 Å². The monoisotopic (exact) mass is 276 g/mol. The molecule has 5 heteroatoms. The van der Waals surface area contributed by atoms with Gasteiger partial charge in [0.25, 0.3) is 5.91 Å². The molecule has 0 bridgehead atoms. The topological polar surface area (TPSA) is 64.3 Å². The smallest absolute Gasteiger partial charge is 0.251 e. The Balaban J connectivity index is 2.09. The van der Waals surface area contributed by atoms with Crippen molar-refractivity contribution in [3.8, 4) is 0 Å². The molecule has 1 amide bonds. The van der Waals surface area contributed by atoms with E-state index in [1.807, 2.05) is 0 Å². The van der Waals surface area contributed by atoms with Crippen molar-refractivity contribution in [2.24, 2.45) is 5.73 Å². The molecule has 20 heavy (non-hydrogen) atoms. The number of hydrogen-bond acceptors (Lipinski definition) is 3. The summed E-state index contributed by atoms with van der Waals surface area (Å²) in [5, 5.41) is 3.79. The van der Waals surface area contributed by atoms with Crippen molar-refractivity contribution >= 4 is 16.7 Å². The number of benzene rings is 2. The Morgan fingerprint density at radius 3 is 2.65 bits per heavy atom. The number of ether oxygens (including phenoxy) is 1. The SMILES string of the molecule is NCCOCCNC(=O)c1ccc(F)c2ccccc12. The van der Waals surface area contributed by atoms with Crippen LogP contribution in [0.25, 0.3) is 10.8 Å². The number of hydrogen-bond donors (Lipinski definition) is 2. The summed E-state index contributed by atoms with van der Waals surface area (Å²) in [4.78, 5) is 12.1. The molecule has 3 N–H and O–H groups in total. The highest BCUT2D eigenvalue weighted by atomic mass is 19.1. The van der Waals surface area contributed by atoms with E-state index in [1.165, 1.54) is 12.1 Å². The molecule has 2 aromatic rings. The van der Waals surface area contributed by atoms with Crippen LogP contribution in [0.1, 0.15) is 10.4 Å². The van der Waals surface area contributed by atoms with Crippen LogP contribution in [0.5, 0.6) is 0 Å². The van der Waals surface area contributed by atoms with E-state index in [0.29, 0.717) is 42.6 Å². The highest BCUT2D eigenvalue weighted by Crippen LogP contribution is 2.21. The number of halogens is 1. The second-order valence-corrected chi connectivity index (χ2v) is 4.30. The van der Waals surface area contributed by atoms with Gasteiger partial charge in [0.05, 0.1) is 13.2 Å². The van der Waals surface area contributed by atoms with Crippen LogP contribution in [0.2, 0.25) is 0 Å². The Morgan fingerprint density at radius 2 is 1.90 bits per heavy atom. The van der Waals surface area contributed by atoms with Crippen molar-refractivity contribution in [3.63, 3.8) is 0 Å². The van der Waals surface area contributed by atoms with E-state index in [1.54, 1.807) is 24.3 Å². The second kappa shape index (κ2) is 6.98. The molecule has 0 heterocycles. The molecular formula is C15H17FN2O2. The molecule has 0 aliphatic carbocycles. The van der Waals surface area contributed by atoms with Crippen LogP contribution >= 0.6 is 0 Å². The van der Waals surface area contributed by atoms with E-state index in [4.69, 9.17) is 10.5 Å². The first-order chi connectivity index (χ1) is 9.74. The fourth-order valence-electron chi connectivity index (χ4n) is 1.98. The Bertz CT molecular complexity index is 601. The predicted molar refractivity (Wildman–Crippen MR) is 76.1 cm³/mol. The number of amides is 1. The summed E-state index contributed by atoms with van der Waals surface area (Å²) in [6.45, 7) is 1.72. The molecule has 0 radical (unpaired) electrons. The molecule has 106 valence electrons. The highest BCUT2D eigenvalue weighted by molar-refractivity contribution is 6.07. The van der Waals surface area contributed by atoms with Crippen molar-refractivity contribution in [2.75, 3.05) is 26.3 Å². The van der Waals surface area contributed by atoms with Gasteiger partial charge in [-0.25, -0.2) is 4.39 Å². The summed E-state index contributed by atoms with van der Waals surface area (Å²) in [5.74, 6) is -0.569. The van der Waals surface area contributed by atoms with Crippen molar-refractivity contribution in [3.05, 3.63) is 47.8 Å². The van der Waals surface area contributed by atoms with Crippen LogP contribution in [0.15, 0.2) is 36.4 Å². The first-order valence-corrected chi connectivity index (χ1v) is 6.47. The first kappa shape index (κ1) is 14.4. The average molecular weight is 276 g/mol. The number of nitrogens with two attached hydrogens (primary N) is 1. The van der Waals surface area contributed by atoms with Gasteiger partial charge in [-0.3, -0.25) is 4.79 Å². The van der Waals surface area contributed by atoms with Gasteiger partial charge in [-0.15, -0.1) is 0 Å². The number of carbonyl (C=O) groups is 1. The van der Waals surface area contributed by atoms with Gasteiger partial charge in [0, 0.05) is 24.0 Å². The van der Waals surface area contributed by atoms with Gasteiger partial charge in [0.15, 0.2) is 0 Å². The molecule has 0 aromatic heterocycles. The summed E-state index contributed by atoms with van der Waals surface area (Å²) in [6.07, 6.45) is 0. The molecule has 0 fully saturated rings. The predicted octanol–water partition coefficient (Wildman–Crippen LogP) is 1.68. The van der Waals surface area contributed by atoms with E-state index in [-0.39, 0.29) is 11.7 Å². The summed E-state index contributed by atoms with van der Waals surface area (Å²) in [6, 6.07) is 9.72. The van der Waals surface area contributed by atoms with E-state index in [0.717, 1.165) is 0 Å². The van der Waals surface area contributed by atoms with E-state index >= 15 is 0 Å². The number of fused-ring (bicyclic) bond motifs is 1. The first-order valence-electron chi connectivity index (χ1n) is 6.47. The summed E-state index contributed by atoms with van der Waals surface area (Å²) >= 11 is 0. The van der Waals surface area contributed by atoms with Crippen molar-refractivity contribution in [1.82, 2.24) is 5.32 Å². The summed E-state index contributed by atoms with van der Waals surface area (Å²) < 4.78 is 18.8. The molecule has 0 aliphatic heterocycles. The summed E-state index contributed by atoms with van der Waals surface area (Å²) in [5.41, 5.74) is 5.75. The minimum absolute atomic E-state index is 0.238. The minimum atomic E-state index is -0.330. The minimum Gasteiger partial charge on any atom is -0.378 e. The lowest BCUT2D eigenvalue weighted by atomic mass is 10.0. The molecule has 0 unspecified atom stereocenters. The van der Waals surface area contributed by atoms with Gasteiger partial charge in [-0.05, 0) is 17.5 Å². The van der Waals surface area contributed by atoms with Gasteiger partial charge in [0.2, 0.25) is 0 Å². The number of carbonyl (C=O) groups excluding carboxylic acids is 1. The van der Waals surface area contributed by atoms with Gasteiger partial charge < -0.3 is 15.8 Å². The third-order valence-corrected chi connectivity index (χ3v) is 2.91. The molecule has 2 aromatic carbocycles. The highest BCUT2D eigenvalue weighted by Gasteiger charge is 2.11. The maximum absolute atomic E-state index is 13.7. The van der Waals surface area contributed by atoms with E-state index in [2.05, 4.69) is 5.32 Å². The van der Waals surface area contributed by atoms with Crippen molar-refractivity contribution < 1.29 is 13.9 Å². The standard InChI is InChI=1S/C15H17FN2O2/c16-14-6-5-13(11-3-1-2-4-12(11)14)15(19)18-8-10-20-9-7-17/h1-6H,7-10,17H2,(H,18,19). The van der Waals surface area contributed by atoms with Crippen molar-refractivity contribution in [1.29, 1.82) is 0 Å². The van der Waals surface area contributed by atoms with Gasteiger partial charge in [-0.1, -0.05) is 24.3 Å². The fraction of sp³-hybridized carbons (Fsp3) is 0.267. The lowest BCUT2D eigenvalue weighted by Crippen LogP contribution is -2.28. The largest absolute Gasteiger partial charge is 0.378 e. The molecule has 2 rings (SSSR count). The maximum atomic E-state index is 13.7. The van der Waals surface area contributed by atoms with Gasteiger partial charge in [0.1, 0.15) is 5.82 Å². The molecule has 0 saturated heterocycles. The fourth-order valence-corrected chi connectivity index (χ4v) is 1.98. The molecular weight excluding hydrogens is 259 g/mol. The van der Waals surface area contributed by atoms with Crippen LogP contribution in [0, 0.1) is 5.82 Å². The zero-order valence-electron chi connectivity index (χ0n) is 11.1. The van der Waals surface area contributed by atoms with Crippen LogP contribution in [0.3, 0.4) is 0 Å². The summed E-state index contributed by atoms with van der Waals surface area (Å²) in [7, 11) is 0. The van der Waals surface area contributed by atoms with Crippen LogP contribution in [0.4, 0.5) is 4.39 Å².